The molecule has 1 aromatic carbocycles. The van der Waals surface area contributed by atoms with Crippen molar-refractivity contribution in [3.05, 3.63) is 27.7 Å². The number of morpholine rings is 1. The van der Waals surface area contributed by atoms with Gasteiger partial charge < -0.3 is 14.8 Å². The van der Waals surface area contributed by atoms with Gasteiger partial charge in [-0.3, -0.25) is 0 Å². The molecule has 1 saturated heterocycles. The van der Waals surface area contributed by atoms with E-state index >= 15 is 0 Å². The Morgan fingerprint density at radius 1 is 1.41 bits per heavy atom. The number of rotatable bonds is 1. The Kier molecular flexibility index (Phi) is 3.11. The first kappa shape index (κ1) is 11.5. The van der Waals surface area contributed by atoms with Gasteiger partial charge in [-0.2, -0.15) is 0 Å². The van der Waals surface area contributed by atoms with Crippen LogP contribution in [0, 0.1) is 0 Å². The molecule has 0 radical (unpaired) electrons. The zero-order chi connectivity index (χ0) is 11.8. The molecule has 0 aliphatic carbocycles. The van der Waals surface area contributed by atoms with Crippen molar-refractivity contribution in [3.63, 3.8) is 0 Å². The van der Waals surface area contributed by atoms with Crippen LogP contribution in [0.4, 0.5) is 0 Å². The van der Waals surface area contributed by atoms with E-state index in [1.54, 1.807) is 0 Å². The van der Waals surface area contributed by atoms with E-state index in [1.165, 1.54) is 11.1 Å². The lowest BCUT2D eigenvalue weighted by Crippen LogP contribution is -2.33. The summed E-state index contributed by atoms with van der Waals surface area (Å²) in [5, 5.41) is 3.36. The minimum atomic E-state index is 0.111. The molecule has 0 saturated carbocycles. The van der Waals surface area contributed by atoms with Crippen molar-refractivity contribution in [1.29, 1.82) is 0 Å². The van der Waals surface area contributed by atoms with Gasteiger partial charge in [0.1, 0.15) is 11.9 Å². The summed E-state index contributed by atoms with van der Waals surface area (Å²) in [5.41, 5.74) is 2.46. The van der Waals surface area contributed by atoms with Crippen molar-refractivity contribution in [1.82, 2.24) is 5.32 Å². The first-order valence-corrected chi connectivity index (χ1v) is 6.84. The predicted octanol–water partition coefficient (Wildman–Crippen LogP) is 2.43. The van der Waals surface area contributed by atoms with Gasteiger partial charge in [0.2, 0.25) is 0 Å². The fraction of sp³-hybridized carbons (Fsp3) is 0.538. The molecule has 4 heteroatoms. The first-order valence-electron chi connectivity index (χ1n) is 6.05. The second-order valence-corrected chi connectivity index (χ2v) is 5.60. The molecule has 1 aromatic rings. The Hall–Kier alpha value is -0.580. The number of ether oxygens (including phenoxy) is 2. The number of hydrogen-bond acceptors (Lipinski definition) is 3. The average Bonchev–Trinajstić information content (AvgIpc) is 2.69. The molecule has 17 heavy (non-hydrogen) atoms. The predicted molar refractivity (Wildman–Crippen MR) is 69.5 cm³/mol. The van der Waals surface area contributed by atoms with E-state index in [4.69, 9.17) is 9.47 Å². The van der Waals surface area contributed by atoms with Crippen LogP contribution < -0.4 is 10.1 Å². The van der Waals surface area contributed by atoms with Crippen LogP contribution in [0.2, 0.25) is 0 Å². The highest BCUT2D eigenvalue weighted by molar-refractivity contribution is 9.10. The molecule has 2 aliphatic rings. The highest BCUT2D eigenvalue weighted by atomic mass is 79.9. The molecule has 3 nitrogen and oxygen atoms in total. The third-order valence-corrected chi connectivity index (χ3v) is 3.72. The van der Waals surface area contributed by atoms with Gasteiger partial charge in [-0.25, -0.2) is 0 Å². The number of halogens is 1. The van der Waals surface area contributed by atoms with E-state index in [2.05, 4.69) is 40.3 Å². The normalized spacial score (nSPS) is 27.6. The van der Waals surface area contributed by atoms with E-state index in [9.17, 15) is 0 Å². The highest BCUT2D eigenvalue weighted by Gasteiger charge is 2.27. The molecule has 0 bridgehead atoms. The average molecular weight is 298 g/mol. The summed E-state index contributed by atoms with van der Waals surface area (Å²) in [6, 6.07) is 4.27. The van der Waals surface area contributed by atoms with Gasteiger partial charge in [-0.05, 0) is 24.6 Å². The Morgan fingerprint density at radius 3 is 3.06 bits per heavy atom. The van der Waals surface area contributed by atoms with Gasteiger partial charge in [-0.1, -0.05) is 15.9 Å². The van der Waals surface area contributed by atoms with Crippen molar-refractivity contribution in [2.45, 2.75) is 25.6 Å². The molecular formula is C13H16BrNO2. The fourth-order valence-corrected chi connectivity index (χ4v) is 3.05. The summed E-state index contributed by atoms with van der Waals surface area (Å²) < 4.78 is 12.8. The van der Waals surface area contributed by atoms with Crippen molar-refractivity contribution in [3.8, 4) is 5.75 Å². The fourth-order valence-electron chi connectivity index (χ4n) is 2.53. The van der Waals surface area contributed by atoms with Gasteiger partial charge in [-0.15, -0.1) is 0 Å². The van der Waals surface area contributed by atoms with Crippen LogP contribution in [0.3, 0.4) is 0 Å². The maximum atomic E-state index is 5.92. The standard InChI is InChI=1S/C13H16BrNO2/c1-8-4-9-5-10(14)6-11(13(9)17-8)12-7-15-2-3-16-12/h5-6,8,12,15H,2-4,7H2,1H3. The maximum Gasteiger partial charge on any atom is 0.128 e. The van der Waals surface area contributed by atoms with Gasteiger partial charge in [0, 0.05) is 29.5 Å². The lowest BCUT2D eigenvalue weighted by molar-refractivity contribution is 0.0257. The molecule has 0 spiro atoms. The lowest BCUT2D eigenvalue weighted by Gasteiger charge is -2.25. The molecule has 0 amide bonds. The van der Waals surface area contributed by atoms with Crippen LogP contribution in [0.25, 0.3) is 0 Å². The van der Waals surface area contributed by atoms with E-state index in [0.29, 0.717) is 0 Å². The third-order valence-electron chi connectivity index (χ3n) is 3.26. The Bertz CT molecular complexity index is 430. The van der Waals surface area contributed by atoms with Gasteiger partial charge in [0.15, 0.2) is 0 Å². The zero-order valence-corrected chi connectivity index (χ0v) is 11.4. The summed E-state index contributed by atoms with van der Waals surface area (Å²) in [5.74, 6) is 1.04. The van der Waals surface area contributed by atoms with Crippen molar-refractivity contribution in [2.24, 2.45) is 0 Å². The molecule has 3 rings (SSSR count). The van der Waals surface area contributed by atoms with Gasteiger partial charge in [0.25, 0.3) is 0 Å². The summed E-state index contributed by atoms with van der Waals surface area (Å²) in [6.07, 6.45) is 1.37. The second kappa shape index (κ2) is 4.59. The molecule has 2 atom stereocenters. The smallest absolute Gasteiger partial charge is 0.128 e. The van der Waals surface area contributed by atoms with E-state index in [-0.39, 0.29) is 12.2 Å². The number of benzene rings is 1. The van der Waals surface area contributed by atoms with Crippen LogP contribution in [-0.4, -0.2) is 25.8 Å². The lowest BCUT2D eigenvalue weighted by atomic mass is 10.0. The molecule has 1 N–H and O–H groups in total. The second-order valence-electron chi connectivity index (χ2n) is 4.68. The molecule has 2 heterocycles. The summed E-state index contributed by atoms with van der Waals surface area (Å²) >= 11 is 3.57. The van der Waals surface area contributed by atoms with Crippen LogP contribution in [0.5, 0.6) is 5.75 Å². The summed E-state index contributed by atoms with van der Waals surface area (Å²) in [7, 11) is 0. The van der Waals surface area contributed by atoms with Crippen molar-refractivity contribution < 1.29 is 9.47 Å². The molecular weight excluding hydrogens is 282 g/mol. The monoisotopic (exact) mass is 297 g/mol. The van der Waals surface area contributed by atoms with Gasteiger partial charge >= 0.3 is 0 Å². The maximum absolute atomic E-state index is 5.92. The van der Waals surface area contributed by atoms with Crippen LogP contribution >= 0.6 is 15.9 Å². The first-order chi connectivity index (χ1) is 8.24. The number of fused-ring (bicyclic) bond motifs is 1. The Balaban J connectivity index is 1.98. The number of hydrogen-bond donors (Lipinski definition) is 1. The molecule has 2 aliphatic heterocycles. The molecule has 1 fully saturated rings. The number of nitrogens with one attached hydrogen (secondary N) is 1. The minimum absolute atomic E-state index is 0.111. The summed E-state index contributed by atoms with van der Waals surface area (Å²) in [6.45, 7) is 4.67. The van der Waals surface area contributed by atoms with Crippen LogP contribution in [0.15, 0.2) is 16.6 Å². The van der Waals surface area contributed by atoms with Crippen molar-refractivity contribution >= 4 is 15.9 Å². The Labute approximate surface area is 110 Å². The van der Waals surface area contributed by atoms with Crippen molar-refractivity contribution in [2.75, 3.05) is 19.7 Å². The third kappa shape index (κ3) is 2.21. The van der Waals surface area contributed by atoms with Crippen LogP contribution in [0.1, 0.15) is 24.2 Å². The van der Waals surface area contributed by atoms with Crippen LogP contribution in [-0.2, 0) is 11.2 Å². The molecule has 92 valence electrons. The van der Waals surface area contributed by atoms with E-state index in [0.717, 1.165) is 36.3 Å². The minimum Gasteiger partial charge on any atom is -0.490 e. The zero-order valence-electron chi connectivity index (χ0n) is 9.83. The van der Waals surface area contributed by atoms with Gasteiger partial charge in [0.05, 0.1) is 12.7 Å². The van der Waals surface area contributed by atoms with E-state index < -0.39 is 0 Å². The largest absolute Gasteiger partial charge is 0.490 e. The van der Waals surface area contributed by atoms with E-state index in [1.807, 2.05) is 0 Å². The Morgan fingerprint density at radius 2 is 2.29 bits per heavy atom. The quantitative estimate of drug-likeness (QED) is 0.864. The SMILES string of the molecule is CC1Cc2cc(Br)cc(C3CNCCO3)c2O1. The molecule has 2 unspecified atom stereocenters. The highest BCUT2D eigenvalue weighted by Crippen LogP contribution is 2.39. The molecule has 0 aromatic heterocycles. The topological polar surface area (TPSA) is 30.5 Å². The summed E-state index contributed by atoms with van der Waals surface area (Å²) in [4.78, 5) is 0.